The Morgan fingerprint density at radius 1 is 1.53 bits per heavy atom. The second-order valence-corrected chi connectivity index (χ2v) is 4.13. The number of amides is 1. The van der Waals surface area contributed by atoms with Crippen LogP contribution in [0.5, 0.6) is 0 Å². The van der Waals surface area contributed by atoms with Gasteiger partial charge in [-0.3, -0.25) is 14.5 Å². The molecule has 0 radical (unpaired) electrons. The van der Waals surface area contributed by atoms with E-state index in [0.717, 1.165) is 6.42 Å². The van der Waals surface area contributed by atoms with Gasteiger partial charge in [0.1, 0.15) is 6.04 Å². The fourth-order valence-corrected chi connectivity index (χ4v) is 1.90. The van der Waals surface area contributed by atoms with Gasteiger partial charge in [0.25, 0.3) is 0 Å². The van der Waals surface area contributed by atoms with Gasteiger partial charge in [-0.15, -0.1) is 0 Å². The molecule has 0 saturated carbocycles. The highest BCUT2D eigenvalue weighted by atomic mass is 16.4. The van der Waals surface area contributed by atoms with Gasteiger partial charge in [-0.25, -0.2) is 0 Å². The average Bonchev–Trinajstić information content (AvgIpc) is 2.20. The number of hydrogen-bond acceptors (Lipinski definition) is 3. The highest BCUT2D eigenvalue weighted by molar-refractivity contribution is 5.79. The van der Waals surface area contributed by atoms with Crippen molar-refractivity contribution in [1.82, 2.24) is 10.2 Å². The molecule has 1 rings (SSSR count). The minimum Gasteiger partial charge on any atom is -0.480 e. The summed E-state index contributed by atoms with van der Waals surface area (Å²) in [4.78, 5) is 23.9. The monoisotopic (exact) mass is 214 g/mol. The average molecular weight is 214 g/mol. The lowest BCUT2D eigenvalue weighted by molar-refractivity contribution is -0.146. The highest BCUT2D eigenvalue weighted by Gasteiger charge is 2.32. The van der Waals surface area contributed by atoms with E-state index in [1.54, 1.807) is 11.9 Å². The van der Waals surface area contributed by atoms with E-state index in [-0.39, 0.29) is 12.5 Å². The van der Waals surface area contributed by atoms with Crippen LogP contribution in [0.2, 0.25) is 0 Å². The second-order valence-electron chi connectivity index (χ2n) is 4.13. The van der Waals surface area contributed by atoms with Gasteiger partial charge in [0.2, 0.25) is 5.91 Å². The number of carbonyl (C=O) groups excluding carboxylic acids is 1. The van der Waals surface area contributed by atoms with Crippen LogP contribution in [0.3, 0.4) is 0 Å². The Bertz CT molecular complexity index is 255. The zero-order valence-corrected chi connectivity index (χ0v) is 9.19. The van der Waals surface area contributed by atoms with Crippen molar-refractivity contribution in [2.45, 2.75) is 25.8 Å². The van der Waals surface area contributed by atoms with Gasteiger partial charge in [-0.2, -0.15) is 0 Å². The first-order chi connectivity index (χ1) is 7.04. The first-order valence-electron chi connectivity index (χ1n) is 5.22. The minimum atomic E-state index is -0.828. The van der Waals surface area contributed by atoms with Crippen LogP contribution in [0.1, 0.15) is 19.8 Å². The Hall–Kier alpha value is -1.10. The quantitative estimate of drug-likeness (QED) is 0.689. The summed E-state index contributed by atoms with van der Waals surface area (Å²) in [7, 11) is 1.56. The SMILES string of the molecule is CNC(=O)CN1CCC(C)CC1C(=O)O. The van der Waals surface area contributed by atoms with Gasteiger partial charge < -0.3 is 10.4 Å². The fourth-order valence-electron chi connectivity index (χ4n) is 1.90. The first kappa shape index (κ1) is 12.0. The van der Waals surface area contributed by atoms with Crippen LogP contribution in [-0.2, 0) is 9.59 Å². The van der Waals surface area contributed by atoms with Gasteiger partial charge in [-0.1, -0.05) is 6.92 Å². The lowest BCUT2D eigenvalue weighted by Gasteiger charge is -2.35. The lowest BCUT2D eigenvalue weighted by Crippen LogP contribution is -2.50. The van der Waals surface area contributed by atoms with E-state index in [1.165, 1.54) is 0 Å². The van der Waals surface area contributed by atoms with Crippen LogP contribution < -0.4 is 5.32 Å². The number of likely N-dealkylation sites (N-methyl/N-ethyl adjacent to an activating group) is 1. The molecule has 2 unspecified atom stereocenters. The Kier molecular flexibility index (Phi) is 4.08. The first-order valence-corrected chi connectivity index (χ1v) is 5.22. The molecule has 0 aromatic heterocycles. The largest absolute Gasteiger partial charge is 0.480 e. The molecule has 1 fully saturated rings. The topological polar surface area (TPSA) is 69.6 Å². The maximum absolute atomic E-state index is 11.2. The second kappa shape index (κ2) is 5.11. The number of piperidine rings is 1. The molecule has 0 aromatic carbocycles. The molecule has 1 heterocycles. The van der Waals surface area contributed by atoms with Gasteiger partial charge in [0.05, 0.1) is 6.54 Å². The Morgan fingerprint density at radius 3 is 2.73 bits per heavy atom. The zero-order chi connectivity index (χ0) is 11.4. The van der Waals surface area contributed by atoms with E-state index in [2.05, 4.69) is 5.32 Å². The predicted octanol–water partition coefficient (Wildman–Crippen LogP) is -0.0825. The van der Waals surface area contributed by atoms with E-state index in [9.17, 15) is 9.59 Å². The molecule has 1 saturated heterocycles. The van der Waals surface area contributed by atoms with Crippen molar-refractivity contribution in [3.8, 4) is 0 Å². The molecular formula is C10H18N2O3. The molecule has 15 heavy (non-hydrogen) atoms. The molecule has 1 amide bonds. The van der Waals surface area contributed by atoms with Gasteiger partial charge in [0.15, 0.2) is 0 Å². The third kappa shape index (κ3) is 3.20. The van der Waals surface area contributed by atoms with Crippen molar-refractivity contribution in [3.63, 3.8) is 0 Å². The van der Waals surface area contributed by atoms with Crippen molar-refractivity contribution in [2.24, 2.45) is 5.92 Å². The van der Waals surface area contributed by atoms with Gasteiger partial charge in [0, 0.05) is 7.05 Å². The summed E-state index contributed by atoms with van der Waals surface area (Å²) in [5.41, 5.74) is 0. The van der Waals surface area contributed by atoms with Crippen molar-refractivity contribution < 1.29 is 14.7 Å². The van der Waals surface area contributed by atoms with E-state index < -0.39 is 12.0 Å². The molecule has 1 aliphatic rings. The molecular weight excluding hydrogens is 196 g/mol. The molecule has 1 aliphatic heterocycles. The smallest absolute Gasteiger partial charge is 0.320 e. The summed E-state index contributed by atoms with van der Waals surface area (Å²) in [6.07, 6.45) is 1.59. The molecule has 2 N–H and O–H groups in total. The van der Waals surface area contributed by atoms with E-state index >= 15 is 0 Å². The number of nitrogens with one attached hydrogen (secondary N) is 1. The lowest BCUT2D eigenvalue weighted by atomic mass is 9.92. The summed E-state index contributed by atoms with van der Waals surface area (Å²) in [6, 6.07) is -0.508. The summed E-state index contributed by atoms with van der Waals surface area (Å²) in [5, 5.41) is 11.5. The standard InChI is InChI=1S/C10H18N2O3/c1-7-3-4-12(6-9(13)11-2)8(5-7)10(14)15/h7-8H,3-6H2,1-2H3,(H,11,13)(H,14,15). The molecule has 2 atom stereocenters. The zero-order valence-electron chi connectivity index (χ0n) is 9.19. The molecule has 0 aliphatic carbocycles. The van der Waals surface area contributed by atoms with Crippen LogP contribution in [0, 0.1) is 5.92 Å². The molecule has 0 spiro atoms. The molecule has 0 bridgehead atoms. The predicted molar refractivity (Wildman–Crippen MR) is 55.5 cm³/mol. The highest BCUT2D eigenvalue weighted by Crippen LogP contribution is 2.22. The van der Waals surface area contributed by atoms with E-state index in [4.69, 9.17) is 5.11 Å². The number of nitrogens with zero attached hydrogens (tertiary/aromatic N) is 1. The van der Waals surface area contributed by atoms with Crippen molar-refractivity contribution in [3.05, 3.63) is 0 Å². The van der Waals surface area contributed by atoms with Gasteiger partial charge in [-0.05, 0) is 25.3 Å². The van der Waals surface area contributed by atoms with Crippen molar-refractivity contribution >= 4 is 11.9 Å². The van der Waals surface area contributed by atoms with Crippen LogP contribution >= 0.6 is 0 Å². The Morgan fingerprint density at radius 2 is 2.20 bits per heavy atom. The Labute approximate surface area is 89.4 Å². The number of rotatable bonds is 3. The van der Waals surface area contributed by atoms with E-state index in [0.29, 0.717) is 18.9 Å². The Balaban J connectivity index is 2.60. The van der Waals surface area contributed by atoms with Crippen LogP contribution in [0.4, 0.5) is 0 Å². The van der Waals surface area contributed by atoms with Crippen molar-refractivity contribution in [1.29, 1.82) is 0 Å². The van der Waals surface area contributed by atoms with Crippen LogP contribution in [-0.4, -0.2) is 48.1 Å². The number of hydrogen-bond donors (Lipinski definition) is 2. The number of aliphatic carboxylic acids is 1. The third-order valence-corrected chi connectivity index (χ3v) is 2.89. The van der Waals surface area contributed by atoms with E-state index in [1.807, 2.05) is 6.92 Å². The van der Waals surface area contributed by atoms with Crippen molar-refractivity contribution in [2.75, 3.05) is 20.1 Å². The molecule has 5 nitrogen and oxygen atoms in total. The number of carboxylic acid groups (broad SMARTS) is 1. The summed E-state index contributed by atoms with van der Waals surface area (Å²) in [6.45, 7) is 2.92. The van der Waals surface area contributed by atoms with Crippen LogP contribution in [0.15, 0.2) is 0 Å². The molecule has 0 aromatic rings. The minimum absolute atomic E-state index is 0.129. The maximum atomic E-state index is 11.2. The molecule has 86 valence electrons. The van der Waals surface area contributed by atoms with Crippen LogP contribution in [0.25, 0.3) is 0 Å². The molecule has 5 heteroatoms. The van der Waals surface area contributed by atoms with Gasteiger partial charge >= 0.3 is 5.97 Å². The number of likely N-dealkylation sites (tertiary alicyclic amines) is 1. The number of carboxylic acids is 1. The normalized spacial score (nSPS) is 27.3. The summed E-state index contributed by atoms with van der Waals surface area (Å²) < 4.78 is 0. The summed E-state index contributed by atoms with van der Waals surface area (Å²) >= 11 is 0. The fraction of sp³-hybridized carbons (Fsp3) is 0.800. The third-order valence-electron chi connectivity index (χ3n) is 2.89. The maximum Gasteiger partial charge on any atom is 0.320 e. The number of carbonyl (C=O) groups is 2. The summed E-state index contributed by atoms with van der Waals surface area (Å²) in [5.74, 6) is -0.534.